The minimum absolute atomic E-state index is 0.0101. The van der Waals surface area contributed by atoms with E-state index < -0.39 is 0 Å². The van der Waals surface area contributed by atoms with Crippen LogP contribution in [0.1, 0.15) is 50.6 Å². The van der Waals surface area contributed by atoms with Gasteiger partial charge in [0, 0.05) is 30.8 Å². The molecule has 0 saturated heterocycles. The van der Waals surface area contributed by atoms with Gasteiger partial charge in [-0.1, -0.05) is 26.0 Å². The second kappa shape index (κ2) is 8.64. The van der Waals surface area contributed by atoms with Crippen molar-refractivity contribution in [2.24, 2.45) is 5.92 Å². The molecule has 3 aromatic rings. The Kier molecular flexibility index (Phi) is 5.79. The van der Waals surface area contributed by atoms with Crippen molar-refractivity contribution in [3.05, 3.63) is 54.2 Å². The fourth-order valence-corrected chi connectivity index (χ4v) is 3.49. The number of aromatic nitrogens is 2. The SMILES string of the molecule is CC(C)CN(CCC(=O)NCc1ccco1)c1nc(C2CC2)nc2ccccc12. The van der Waals surface area contributed by atoms with E-state index in [0.29, 0.717) is 31.3 Å². The van der Waals surface area contributed by atoms with E-state index in [1.807, 2.05) is 24.3 Å². The number of fused-ring (bicyclic) bond motifs is 1. The van der Waals surface area contributed by atoms with Gasteiger partial charge >= 0.3 is 0 Å². The van der Waals surface area contributed by atoms with Gasteiger partial charge in [0.1, 0.15) is 17.4 Å². The zero-order valence-corrected chi connectivity index (χ0v) is 17.1. The van der Waals surface area contributed by atoms with E-state index in [4.69, 9.17) is 14.4 Å². The first-order valence-corrected chi connectivity index (χ1v) is 10.4. The molecule has 0 unspecified atom stereocenters. The number of carbonyl (C=O) groups excluding carboxylic acids is 1. The van der Waals surface area contributed by atoms with E-state index in [2.05, 4.69) is 36.2 Å². The molecule has 29 heavy (non-hydrogen) atoms. The number of nitrogens with zero attached hydrogens (tertiary/aromatic N) is 3. The predicted molar refractivity (Wildman–Crippen MR) is 114 cm³/mol. The maximum absolute atomic E-state index is 12.4. The summed E-state index contributed by atoms with van der Waals surface area (Å²) in [6, 6.07) is 11.9. The Bertz CT molecular complexity index is 964. The molecule has 6 heteroatoms. The van der Waals surface area contributed by atoms with Gasteiger partial charge in [0.15, 0.2) is 0 Å². The summed E-state index contributed by atoms with van der Waals surface area (Å²) in [6.45, 7) is 6.26. The van der Waals surface area contributed by atoms with E-state index in [1.165, 1.54) is 0 Å². The van der Waals surface area contributed by atoms with E-state index in [-0.39, 0.29) is 5.91 Å². The highest BCUT2D eigenvalue weighted by atomic mass is 16.3. The highest BCUT2D eigenvalue weighted by molar-refractivity contribution is 5.90. The van der Waals surface area contributed by atoms with E-state index in [1.54, 1.807) is 6.26 Å². The highest BCUT2D eigenvalue weighted by Crippen LogP contribution is 2.40. The number of rotatable bonds is 9. The van der Waals surface area contributed by atoms with Gasteiger partial charge in [-0.25, -0.2) is 9.97 Å². The molecule has 1 aliphatic rings. The lowest BCUT2D eigenvalue weighted by molar-refractivity contribution is -0.121. The quantitative estimate of drug-likeness (QED) is 0.589. The molecule has 0 bridgehead atoms. The van der Waals surface area contributed by atoms with Crippen molar-refractivity contribution < 1.29 is 9.21 Å². The number of amides is 1. The Hall–Kier alpha value is -2.89. The van der Waals surface area contributed by atoms with Gasteiger partial charge < -0.3 is 14.6 Å². The summed E-state index contributed by atoms with van der Waals surface area (Å²) in [6.07, 6.45) is 4.35. The summed E-state index contributed by atoms with van der Waals surface area (Å²) in [5.41, 5.74) is 0.982. The van der Waals surface area contributed by atoms with Crippen LogP contribution in [0.15, 0.2) is 47.1 Å². The number of nitrogens with one attached hydrogen (secondary N) is 1. The van der Waals surface area contributed by atoms with E-state index in [0.717, 1.165) is 47.7 Å². The second-order valence-electron chi connectivity index (χ2n) is 8.14. The van der Waals surface area contributed by atoms with Crippen molar-refractivity contribution in [3.63, 3.8) is 0 Å². The van der Waals surface area contributed by atoms with Crippen LogP contribution < -0.4 is 10.2 Å². The van der Waals surface area contributed by atoms with Gasteiger partial charge in [-0.3, -0.25) is 4.79 Å². The maximum atomic E-state index is 12.4. The number of anilines is 1. The normalized spacial score (nSPS) is 13.8. The summed E-state index contributed by atoms with van der Waals surface area (Å²) in [5.74, 6) is 3.60. The van der Waals surface area contributed by atoms with Crippen LogP contribution in [0.5, 0.6) is 0 Å². The Morgan fingerprint density at radius 1 is 1.21 bits per heavy atom. The molecule has 1 aliphatic carbocycles. The molecule has 0 spiro atoms. The third-order valence-corrected chi connectivity index (χ3v) is 5.08. The number of carbonyl (C=O) groups is 1. The van der Waals surface area contributed by atoms with Crippen LogP contribution in [0, 0.1) is 5.92 Å². The highest BCUT2D eigenvalue weighted by Gasteiger charge is 2.28. The van der Waals surface area contributed by atoms with Crippen molar-refractivity contribution in [2.45, 2.75) is 45.6 Å². The van der Waals surface area contributed by atoms with Crippen LogP contribution >= 0.6 is 0 Å². The summed E-state index contributed by atoms with van der Waals surface area (Å²) in [7, 11) is 0. The van der Waals surface area contributed by atoms with Gasteiger partial charge in [0.25, 0.3) is 0 Å². The lowest BCUT2D eigenvalue weighted by Crippen LogP contribution is -2.34. The first-order chi connectivity index (χ1) is 14.1. The number of para-hydroxylation sites is 1. The molecule has 1 aromatic carbocycles. The third kappa shape index (κ3) is 4.94. The molecule has 1 fully saturated rings. The molecule has 6 nitrogen and oxygen atoms in total. The topological polar surface area (TPSA) is 71.3 Å². The smallest absolute Gasteiger partial charge is 0.222 e. The predicted octanol–water partition coefficient (Wildman–Crippen LogP) is 4.27. The molecule has 0 aliphatic heterocycles. The van der Waals surface area contributed by atoms with Crippen molar-refractivity contribution in [3.8, 4) is 0 Å². The van der Waals surface area contributed by atoms with E-state index in [9.17, 15) is 4.79 Å². The lowest BCUT2D eigenvalue weighted by Gasteiger charge is -2.27. The van der Waals surface area contributed by atoms with E-state index >= 15 is 0 Å². The number of hydrogen-bond acceptors (Lipinski definition) is 5. The Morgan fingerprint density at radius 3 is 2.76 bits per heavy atom. The zero-order valence-electron chi connectivity index (χ0n) is 17.1. The van der Waals surface area contributed by atoms with Crippen molar-refractivity contribution in [2.75, 3.05) is 18.0 Å². The maximum Gasteiger partial charge on any atom is 0.222 e. The standard InChI is InChI=1S/C23H28N4O2/c1-16(2)15-27(12-11-21(28)24-14-18-6-5-13-29-18)23-19-7-3-4-8-20(19)25-22(26-23)17-9-10-17/h3-8,13,16-17H,9-12,14-15H2,1-2H3,(H,24,28). The Morgan fingerprint density at radius 2 is 2.03 bits per heavy atom. The van der Waals surface area contributed by atoms with Crippen LogP contribution in [0.25, 0.3) is 10.9 Å². The van der Waals surface area contributed by atoms with Gasteiger partial charge in [-0.15, -0.1) is 0 Å². The molecule has 1 saturated carbocycles. The van der Waals surface area contributed by atoms with Crippen molar-refractivity contribution in [1.82, 2.24) is 15.3 Å². The minimum atomic E-state index is 0.0101. The Balaban J connectivity index is 1.52. The molecule has 1 N–H and O–H groups in total. The monoisotopic (exact) mass is 392 g/mol. The lowest BCUT2D eigenvalue weighted by atomic mass is 10.1. The molecule has 1 amide bonds. The molecule has 2 aromatic heterocycles. The fourth-order valence-electron chi connectivity index (χ4n) is 3.49. The van der Waals surface area contributed by atoms with Crippen molar-refractivity contribution >= 4 is 22.6 Å². The molecule has 0 radical (unpaired) electrons. The number of hydrogen-bond donors (Lipinski definition) is 1. The van der Waals surface area contributed by atoms with Gasteiger partial charge in [-0.2, -0.15) is 0 Å². The van der Waals surface area contributed by atoms with Crippen LogP contribution in [-0.4, -0.2) is 29.0 Å². The van der Waals surface area contributed by atoms with Crippen molar-refractivity contribution in [1.29, 1.82) is 0 Å². The molecule has 4 rings (SSSR count). The molecular weight excluding hydrogens is 364 g/mol. The minimum Gasteiger partial charge on any atom is -0.467 e. The van der Waals surface area contributed by atoms with Gasteiger partial charge in [0.05, 0.1) is 18.3 Å². The van der Waals surface area contributed by atoms with Crippen LogP contribution in [0.4, 0.5) is 5.82 Å². The third-order valence-electron chi connectivity index (χ3n) is 5.08. The first kappa shape index (κ1) is 19.4. The molecular formula is C23H28N4O2. The molecule has 152 valence electrons. The van der Waals surface area contributed by atoms with Crippen LogP contribution in [0.3, 0.4) is 0 Å². The van der Waals surface area contributed by atoms with Crippen LogP contribution in [-0.2, 0) is 11.3 Å². The fraction of sp³-hybridized carbons (Fsp3) is 0.435. The summed E-state index contributed by atoms with van der Waals surface area (Å²) >= 11 is 0. The summed E-state index contributed by atoms with van der Waals surface area (Å²) in [4.78, 5) is 24.4. The Labute approximate surface area is 171 Å². The molecule has 2 heterocycles. The summed E-state index contributed by atoms with van der Waals surface area (Å²) < 4.78 is 5.28. The van der Waals surface area contributed by atoms with Crippen LogP contribution in [0.2, 0.25) is 0 Å². The number of furan rings is 1. The number of benzene rings is 1. The van der Waals surface area contributed by atoms with Gasteiger partial charge in [0.2, 0.25) is 5.91 Å². The molecule has 0 atom stereocenters. The first-order valence-electron chi connectivity index (χ1n) is 10.4. The van der Waals surface area contributed by atoms with Gasteiger partial charge in [-0.05, 0) is 43.0 Å². The largest absolute Gasteiger partial charge is 0.467 e. The zero-order chi connectivity index (χ0) is 20.2. The average molecular weight is 393 g/mol. The summed E-state index contributed by atoms with van der Waals surface area (Å²) in [5, 5.41) is 3.98. The average Bonchev–Trinajstić information content (AvgIpc) is 3.44. The second-order valence-corrected chi connectivity index (χ2v) is 8.14.